The van der Waals surface area contributed by atoms with E-state index in [2.05, 4.69) is 6.08 Å². The predicted octanol–water partition coefficient (Wildman–Crippen LogP) is 5.60. The normalized spacial score (nSPS) is 14.4. The minimum Gasteiger partial charge on any atom is -0.504 e. The summed E-state index contributed by atoms with van der Waals surface area (Å²) in [6, 6.07) is 9.56. The van der Waals surface area contributed by atoms with Gasteiger partial charge in [-0.3, -0.25) is 0 Å². The number of aryl methyl sites for hydroxylation is 2. The Balaban J connectivity index is 1.81. The Kier molecular flexibility index (Phi) is 5.32. The van der Waals surface area contributed by atoms with Crippen LogP contribution >= 0.6 is 0 Å². The van der Waals surface area contributed by atoms with Crippen LogP contribution in [-0.2, 0) is 6.42 Å². The Hall–Kier alpha value is -2.42. The summed E-state index contributed by atoms with van der Waals surface area (Å²) in [4.78, 5) is 0. The molecule has 3 N–H and O–H groups in total. The van der Waals surface area contributed by atoms with Crippen LogP contribution in [0, 0.1) is 6.92 Å². The standard InChI is InChI=1S/C22H26O3/c1-15-10-12-17(13-11-15)19-14-18(20(23)22(25)21(19)24)9-5-8-16-6-3-2-4-7-16/h6,10-14,23-25H,2-5,7-9H2,1H3. The lowest BCUT2D eigenvalue weighted by Gasteiger charge is -2.15. The van der Waals surface area contributed by atoms with Crippen LogP contribution in [0.1, 0.15) is 49.7 Å². The maximum Gasteiger partial charge on any atom is 0.201 e. The Labute approximate surface area is 149 Å². The van der Waals surface area contributed by atoms with Crippen molar-refractivity contribution < 1.29 is 15.3 Å². The highest BCUT2D eigenvalue weighted by atomic mass is 16.3. The number of aromatic hydroxyl groups is 3. The summed E-state index contributed by atoms with van der Waals surface area (Å²) in [5.41, 5.74) is 4.71. The SMILES string of the molecule is Cc1ccc(-c2cc(CCCC3=CCCCC3)c(O)c(O)c2O)cc1. The molecule has 0 heterocycles. The molecule has 3 nitrogen and oxygen atoms in total. The summed E-state index contributed by atoms with van der Waals surface area (Å²) in [6.45, 7) is 2.00. The monoisotopic (exact) mass is 338 g/mol. The van der Waals surface area contributed by atoms with Crippen molar-refractivity contribution in [2.24, 2.45) is 0 Å². The Morgan fingerprint density at radius 2 is 1.64 bits per heavy atom. The first-order valence-electron chi connectivity index (χ1n) is 9.08. The Morgan fingerprint density at radius 3 is 2.32 bits per heavy atom. The fourth-order valence-corrected chi connectivity index (χ4v) is 3.48. The second-order valence-electron chi connectivity index (χ2n) is 6.96. The summed E-state index contributed by atoms with van der Waals surface area (Å²) in [6.07, 6.45) is 9.90. The highest BCUT2D eigenvalue weighted by molar-refractivity contribution is 5.77. The molecule has 3 rings (SSSR count). The average Bonchev–Trinajstić information content (AvgIpc) is 2.63. The van der Waals surface area contributed by atoms with E-state index in [1.165, 1.54) is 31.3 Å². The van der Waals surface area contributed by atoms with Gasteiger partial charge in [-0.15, -0.1) is 0 Å². The molecule has 0 unspecified atom stereocenters. The summed E-state index contributed by atoms with van der Waals surface area (Å²) in [5, 5.41) is 30.6. The van der Waals surface area contributed by atoms with Gasteiger partial charge in [0.2, 0.25) is 5.75 Å². The van der Waals surface area contributed by atoms with Gasteiger partial charge in [0.15, 0.2) is 11.5 Å². The Bertz CT molecular complexity index is 773. The largest absolute Gasteiger partial charge is 0.504 e. The van der Waals surface area contributed by atoms with Crippen molar-refractivity contribution in [2.75, 3.05) is 0 Å². The van der Waals surface area contributed by atoms with Crippen molar-refractivity contribution in [2.45, 2.75) is 51.9 Å². The second-order valence-corrected chi connectivity index (χ2v) is 6.96. The molecule has 0 fully saturated rings. The minimum atomic E-state index is -0.426. The fourth-order valence-electron chi connectivity index (χ4n) is 3.48. The maximum atomic E-state index is 10.2. The number of rotatable bonds is 5. The van der Waals surface area contributed by atoms with Gasteiger partial charge in [0.05, 0.1) is 0 Å². The number of benzene rings is 2. The fraction of sp³-hybridized carbons (Fsp3) is 0.364. The predicted molar refractivity (Wildman–Crippen MR) is 101 cm³/mol. The maximum absolute atomic E-state index is 10.2. The molecular weight excluding hydrogens is 312 g/mol. The van der Waals surface area contributed by atoms with Crippen LogP contribution in [0.3, 0.4) is 0 Å². The Morgan fingerprint density at radius 1 is 0.880 bits per heavy atom. The van der Waals surface area contributed by atoms with E-state index in [1.54, 1.807) is 6.07 Å². The molecule has 0 bridgehead atoms. The van der Waals surface area contributed by atoms with Crippen molar-refractivity contribution in [3.8, 4) is 28.4 Å². The lowest BCUT2D eigenvalue weighted by atomic mass is 9.93. The quantitative estimate of drug-likeness (QED) is 0.491. The number of allylic oxidation sites excluding steroid dienone is 2. The summed E-state index contributed by atoms with van der Waals surface area (Å²) < 4.78 is 0. The smallest absolute Gasteiger partial charge is 0.201 e. The number of phenols is 3. The van der Waals surface area contributed by atoms with Crippen LogP contribution in [0.4, 0.5) is 0 Å². The van der Waals surface area contributed by atoms with Crippen molar-refractivity contribution >= 4 is 0 Å². The second kappa shape index (κ2) is 7.64. The molecule has 0 spiro atoms. The van der Waals surface area contributed by atoms with Gasteiger partial charge < -0.3 is 15.3 Å². The van der Waals surface area contributed by atoms with Gasteiger partial charge in [-0.25, -0.2) is 0 Å². The van der Waals surface area contributed by atoms with Crippen LogP contribution in [0.2, 0.25) is 0 Å². The first-order chi connectivity index (χ1) is 12.1. The highest BCUT2D eigenvalue weighted by Crippen LogP contribution is 2.45. The van der Waals surface area contributed by atoms with Crippen molar-refractivity contribution in [1.82, 2.24) is 0 Å². The zero-order valence-corrected chi connectivity index (χ0v) is 14.8. The molecule has 132 valence electrons. The van der Waals surface area contributed by atoms with E-state index < -0.39 is 5.75 Å². The lowest BCUT2D eigenvalue weighted by Crippen LogP contribution is -1.95. The molecule has 1 aliphatic carbocycles. The molecule has 0 aliphatic heterocycles. The topological polar surface area (TPSA) is 60.7 Å². The molecule has 0 amide bonds. The van der Waals surface area contributed by atoms with Gasteiger partial charge in [0.1, 0.15) is 0 Å². The number of phenolic OH excluding ortho intramolecular Hbond substituents is 3. The van der Waals surface area contributed by atoms with E-state index in [0.29, 0.717) is 17.5 Å². The molecule has 0 radical (unpaired) electrons. The molecule has 0 aromatic heterocycles. The summed E-state index contributed by atoms with van der Waals surface area (Å²) in [5.74, 6) is -0.893. The van der Waals surface area contributed by atoms with Crippen LogP contribution in [0.15, 0.2) is 42.0 Å². The molecule has 1 aliphatic rings. The molecule has 2 aromatic rings. The van der Waals surface area contributed by atoms with Crippen molar-refractivity contribution in [1.29, 1.82) is 0 Å². The van der Waals surface area contributed by atoms with Crippen LogP contribution < -0.4 is 0 Å². The molecule has 0 saturated carbocycles. The third-order valence-corrected chi connectivity index (χ3v) is 5.02. The van der Waals surface area contributed by atoms with E-state index in [4.69, 9.17) is 0 Å². The average molecular weight is 338 g/mol. The molecular formula is C22H26O3. The zero-order valence-electron chi connectivity index (χ0n) is 14.8. The van der Waals surface area contributed by atoms with Gasteiger partial charge in [-0.2, -0.15) is 0 Å². The van der Waals surface area contributed by atoms with E-state index in [0.717, 1.165) is 24.0 Å². The van der Waals surface area contributed by atoms with Gasteiger partial charge in [-0.05, 0) is 69.1 Å². The molecule has 0 atom stereocenters. The highest BCUT2D eigenvalue weighted by Gasteiger charge is 2.17. The molecule has 0 saturated heterocycles. The van der Waals surface area contributed by atoms with E-state index in [1.807, 2.05) is 31.2 Å². The molecule has 2 aromatic carbocycles. The van der Waals surface area contributed by atoms with Crippen LogP contribution in [0.5, 0.6) is 17.2 Å². The van der Waals surface area contributed by atoms with Crippen LogP contribution in [0.25, 0.3) is 11.1 Å². The van der Waals surface area contributed by atoms with E-state index in [9.17, 15) is 15.3 Å². The van der Waals surface area contributed by atoms with Gasteiger partial charge >= 0.3 is 0 Å². The lowest BCUT2D eigenvalue weighted by molar-refractivity contribution is 0.365. The minimum absolute atomic E-state index is 0.203. The van der Waals surface area contributed by atoms with Crippen molar-refractivity contribution in [3.63, 3.8) is 0 Å². The van der Waals surface area contributed by atoms with Gasteiger partial charge in [0, 0.05) is 5.56 Å². The summed E-state index contributed by atoms with van der Waals surface area (Å²) in [7, 11) is 0. The first-order valence-corrected chi connectivity index (χ1v) is 9.08. The molecule has 25 heavy (non-hydrogen) atoms. The van der Waals surface area contributed by atoms with Gasteiger partial charge in [0.25, 0.3) is 0 Å². The van der Waals surface area contributed by atoms with Crippen molar-refractivity contribution in [3.05, 3.63) is 53.1 Å². The molecule has 3 heteroatoms. The third kappa shape index (κ3) is 3.98. The third-order valence-electron chi connectivity index (χ3n) is 5.02. The first kappa shape index (κ1) is 17.4. The summed E-state index contributed by atoms with van der Waals surface area (Å²) >= 11 is 0. The zero-order chi connectivity index (χ0) is 17.8. The van der Waals surface area contributed by atoms with E-state index >= 15 is 0 Å². The van der Waals surface area contributed by atoms with E-state index in [-0.39, 0.29) is 11.5 Å². The number of hydrogen-bond acceptors (Lipinski definition) is 3. The van der Waals surface area contributed by atoms with Crippen LogP contribution in [-0.4, -0.2) is 15.3 Å². The van der Waals surface area contributed by atoms with Gasteiger partial charge in [-0.1, -0.05) is 41.5 Å². The number of hydrogen-bond donors (Lipinski definition) is 3.